The van der Waals surface area contributed by atoms with Crippen molar-refractivity contribution < 1.29 is 19.1 Å². The molecule has 2 aromatic carbocycles. The van der Waals surface area contributed by atoms with E-state index in [-0.39, 0.29) is 30.9 Å². The lowest BCUT2D eigenvalue weighted by Gasteiger charge is -2.18. The van der Waals surface area contributed by atoms with Crippen molar-refractivity contribution in [3.63, 3.8) is 0 Å². The fourth-order valence-corrected chi connectivity index (χ4v) is 4.08. The zero-order chi connectivity index (χ0) is 18.4. The van der Waals surface area contributed by atoms with Gasteiger partial charge in [0.25, 0.3) is 0 Å². The second-order valence-electron chi connectivity index (χ2n) is 7.27. The Morgan fingerprint density at radius 3 is 2.81 bits per heavy atom. The highest BCUT2D eigenvalue weighted by atomic mass is 16.7. The molecule has 0 radical (unpaired) electrons. The minimum absolute atomic E-state index is 0.00113. The molecule has 1 unspecified atom stereocenters. The molecule has 1 atom stereocenters. The highest BCUT2D eigenvalue weighted by molar-refractivity contribution is 6.03. The van der Waals surface area contributed by atoms with E-state index in [0.29, 0.717) is 23.7 Å². The molecule has 2 aromatic rings. The molecule has 2 amide bonds. The third kappa shape index (κ3) is 2.91. The summed E-state index contributed by atoms with van der Waals surface area (Å²) >= 11 is 0. The molecule has 2 heterocycles. The van der Waals surface area contributed by atoms with Crippen LogP contribution in [0.25, 0.3) is 0 Å². The molecular weight excluding hydrogens is 344 g/mol. The van der Waals surface area contributed by atoms with Gasteiger partial charge in [0.05, 0.1) is 5.92 Å². The van der Waals surface area contributed by atoms with Crippen LogP contribution in [0.2, 0.25) is 0 Å². The van der Waals surface area contributed by atoms with E-state index in [1.165, 1.54) is 17.5 Å². The van der Waals surface area contributed by atoms with Crippen molar-refractivity contribution in [2.24, 2.45) is 5.92 Å². The average molecular weight is 364 g/mol. The molecule has 0 bridgehead atoms. The lowest BCUT2D eigenvalue weighted by Crippen LogP contribution is -2.28. The maximum Gasteiger partial charge on any atom is 0.231 e. The second kappa shape index (κ2) is 6.30. The summed E-state index contributed by atoms with van der Waals surface area (Å²) in [4.78, 5) is 26.9. The van der Waals surface area contributed by atoms with E-state index in [2.05, 4.69) is 17.4 Å². The fourth-order valence-electron chi connectivity index (χ4n) is 4.08. The summed E-state index contributed by atoms with van der Waals surface area (Å²) in [5.74, 6) is 0.780. The van der Waals surface area contributed by atoms with Crippen LogP contribution in [0.1, 0.15) is 24.0 Å². The average Bonchev–Trinajstić information content (AvgIpc) is 3.39. The molecule has 6 heteroatoms. The molecular formula is C21H20N2O4. The first-order valence-electron chi connectivity index (χ1n) is 9.30. The van der Waals surface area contributed by atoms with Crippen molar-refractivity contribution in [1.29, 1.82) is 0 Å². The summed E-state index contributed by atoms with van der Waals surface area (Å²) in [6.45, 7) is 0.605. The quantitative estimate of drug-likeness (QED) is 0.909. The third-order valence-electron chi connectivity index (χ3n) is 5.53. The first-order chi connectivity index (χ1) is 13.2. The predicted molar refractivity (Wildman–Crippen MR) is 100 cm³/mol. The summed E-state index contributed by atoms with van der Waals surface area (Å²) in [7, 11) is 0. The molecule has 1 N–H and O–H groups in total. The van der Waals surface area contributed by atoms with Crippen LogP contribution in [0.5, 0.6) is 11.5 Å². The minimum atomic E-state index is -0.365. The Morgan fingerprint density at radius 2 is 1.89 bits per heavy atom. The third-order valence-corrected chi connectivity index (χ3v) is 5.53. The molecule has 1 aliphatic carbocycles. The Labute approximate surface area is 157 Å². The summed E-state index contributed by atoms with van der Waals surface area (Å²) in [6.07, 6.45) is 3.59. The molecule has 138 valence electrons. The minimum Gasteiger partial charge on any atom is -0.454 e. The molecule has 27 heavy (non-hydrogen) atoms. The van der Waals surface area contributed by atoms with Crippen molar-refractivity contribution >= 4 is 23.2 Å². The number of benzene rings is 2. The summed E-state index contributed by atoms with van der Waals surface area (Å²) < 4.78 is 10.6. The topological polar surface area (TPSA) is 67.9 Å². The number of fused-ring (bicyclic) bond motifs is 2. The maximum atomic E-state index is 12.7. The Kier molecular flexibility index (Phi) is 3.77. The van der Waals surface area contributed by atoms with Crippen LogP contribution < -0.4 is 19.7 Å². The molecule has 2 aliphatic heterocycles. The number of nitrogens with one attached hydrogen (secondary N) is 1. The van der Waals surface area contributed by atoms with Crippen LogP contribution in [0, 0.1) is 5.92 Å². The smallest absolute Gasteiger partial charge is 0.231 e. The lowest BCUT2D eigenvalue weighted by molar-refractivity contribution is -0.122. The lowest BCUT2D eigenvalue weighted by atomic mass is 10.1. The molecule has 0 saturated carbocycles. The summed E-state index contributed by atoms with van der Waals surface area (Å²) in [5.41, 5.74) is 4.25. The molecule has 0 spiro atoms. The standard InChI is InChI=1S/C21H20N2O4/c24-20-9-15(11-23(20)17-6-4-13-2-1-3-14(13)8-17)21(25)22-16-5-7-18-19(10-16)27-12-26-18/h4-8,10,15H,1-3,9,11-12H2,(H,22,25). The predicted octanol–water partition coefficient (Wildman–Crippen LogP) is 2.90. The first kappa shape index (κ1) is 16.2. The number of carbonyl (C=O) groups excluding carboxylic acids is 2. The molecule has 5 rings (SSSR count). The van der Waals surface area contributed by atoms with Crippen molar-refractivity contribution in [2.75, 3.05) is 23.6 Å². The van der Waals surface area contributed by atoms with Crippen molar-refractivity contribution in [1.82, 2.24) is 0 Å². The van der Waals surface area contributed by atoms with Gasteiger partial charge in [-0.1, -0.05) is 6.07 Å². The van der Waals surface area contributed by atoms with E-state index < -0.39 is 0 Å². The summed E-state index contributed by atoms with van der Waals surface area (Å²) in [6, 6.07) is 11.5. The van der Waals surface area contributed by atoms with Crippen LogP contribution in [-0.4, -0.2) is 25.2 Å². The maximum absolute atomic E-state index is 12.7. The highest BCUT2D eigenvalue weighted by Crippen LogP contribution is 2.35. The second-order valence-corrected chi connectivity index (χ2v) is 7.27. The SMILES string of the molecule is O=C(Nc1ccc2c(c1)OCO2)C1CC(=O)N(c2ccc3c(c2)CCC3)C1. The first-order valence-corrected chi connectivity index (χ1v) is 9.30. The van der Waals surface area contributed by atoms with Crippen molar-refractivity contribution in [3.8, 4) is 11.5 Å². The number of nitrogens with zero attached hydrogens (tertiary/aromatic N) is 1. The van der Waals surface area contributed by atoms with Gasteiger partial charge in [0, 0.05) is 30.4 Å². The number of hydrogen-bond acceptors (Lipinski definition) is 4. The van der Waals surface area contributed by atoms with Gasteiger partial charge in [-0.05, 0) is 54.7 Å². The van der Waals surface area contributed by atoms with Crippen LogP contribution >= 0.6 is 0 Å². The Morgan fingerprint density at radius 1 is 1.04 bits per heavy atom. The number of ether oxygens (including phenoxy) is 2. The molecule has 6 nitrogen and oxygen atoms in total. The summed E-state index contributed by atoms with van der Waals surface area (Å²) in [5, 5.41) is 2.89. The normalized spacial score (nSPS) is 20.1. The van der Waals surface area contributed by atoms with E-state index in [9.17, 15) is 9.59 Å². The van der Waals surface area contributed by atoms with E-state index in [0.717, 1.165) is 18.5 Å². The number of hydrogen-bond donors (Lipinski definition) is 1. The van der Waals surface area contributed by atoms with E-state index in [1.807, 2.05) is 6.07 Å². The van der Waals surface area contributed by atoms with E-state index in [4.69, 9.17) is 9.47 Å². The van der Waals surface area contributed by atoms with Crippen LogP contribution in [-0.2, 0) is 22.4 Å². The number of rotatable bonds is 3. The van der Waals surface area contributed by atoms with Crippen LogP contribution in [0.4, 0.5) is 11.4 Å². The monoisotopic (exact) mass is 364 g/mol. The number of aryl methyl sites for hydroxylation is 2. The van der Waals surface area contributed by atoms with Gasteiger partial charge < -0.3 is 19.7 Å². The van der Waals surface area contributed by atoms with Gasteiger partial charge in [-0.25, -0.2) is 0 Å². The zero-order valence-corrected chi connectivity index (χ0v) is 14.9. The van der Waals surface area contributed by atoms with Crippen molar-refractivity contribution in [2.45, 2.75) is 25.7 Å². The number of amides is 2. The zero-order valence-electron chi connectivity index (χ0n) is 14.9. The molecule has 0 aromatic heterocycles. The molecule has 1 fully saturated rings. The highest BCUT2D eigenvalue weighted by Gasteiger charge is 2.35. The van der Waals surface area contributed by atoms with Crippen LogP contribution in [0.15, 0.2) is 36.4 Å². The van der Waals surface area contributed by atoms with Gasteiger partial charge in [0.15, 0.2) is 11.5 Å². The Hall–Kier alpha value is -3.02. The molecule has 1 saturated heterocycles. The van der Waals surface area contributed by atoms with Crippen molar-refractivity contribution in [3.05, 3.63) is 47.5 Å². The largest absolute Gasteiger partial charge is 0.454 e. The Balaban J connectivity index is 1.29. The molecule has 3 aliphatic rings. The van der Waals surface area contributed by atoms with Gasteiger partial charge in [-0.3, -0.25) is 9.59 Å². The number of anilines is 2. The van der Waals surface area contributed by atoms with Gasteiger partial charge in [-0.15, -0.1) is 0 Å². The van der Waals surface area contributed by atoms with Gasteiger partial charge in [0.2, 0.25) is 18.6 Å². The number of carbonyl (C=O) groups is 2. The van der Waals surface area contributed by atoms with Gasteiger partial charge >= 0.3 is 0 Å². The fraction of sp³-hybridized carbons (Fsp3) is 0.333. The van der Waals surface area contributed by atoms with Gasteiger partial charge in [-0.2, -0.15) is 0 Å². The van der Waals surface area contributed by atoms with E-state index >= 15 is 0 Å². The Bertz CT molecular complexity index is 940. The van der Waals surface area contributed by atoms with Gasteiger partial charge in [0.1, 0.15) is 0 Å². The van der Waals surface area contributed by atoms with E-state index in [1.54, 1.807) is 23.1 Å². The van der Waals surface area contributed by atoms with Crippen LogP contribution in [0.3, 0.4) is 0 Å².